The Morgan fingerprint density at radius 1 is 1.47 bits per heavy atom. The second kappa shape index (κ2) is 7.07. The Morgan fingerprint density at radius 2 is 2.12 bits per heavy atom. The molecular formula is C12H25ClN2O2. The lowest BCUT2D eigenvalue weighted by Crippen LogP contribution is -2.35. The highest BCUT2D eigenvalue weighted by Crippen LogP contribution is 2.14. The van der Waals surface area contributed by atoms with E-state index in [9.17, 15) is 4.79 Å². The average molecular weight is 265 g/mol. The summed E-state index contributed by atoms with van der Waals surface area (Å²) < 4.78 is 5.29. The van der Waals surface area contributed by atoms with Gasteiger partial charge in [-0.1, -0.05) is 0 Å². The maximum absolute atomic E-state index is 11.7. The fraction of sp³-hybridized carbons (Fsp3) is 0.917. The van der Waals surface area contributed by atoms with E-state index < -0.39 is 5.60 Å². The predicted molar refractivity (Wildman–Crippen MR) is 71.7 cm³/mol. The molecule has 1 atom stereocenters. The molecule has 1 aliphatic rings. The molecule has 1 amide bonds. The number of hydrogen-bond donors (Lipinski definition) is 1. The predicted octanol–water partition coefficient (Wildman–Crippen LogP) is 2.27. The number of carbonyl (C=O) groups excluding carboxylic acids is 1. The van der Waals surface area contributed by atoms with E-state index in [0.717, 1.165) is 26.1 Å². The minimum atomic E-state index is -0.403. The second-order valence-electron chi connectivity index (χ2n) is 5.55. The van der Waals surface area contributed by atoms with E-state index in [-0.39, 0.29) is 18.5 Å². The number of nitrogens with zero attached hydrogens (tertiary/aromatic N) is 1. The summed E-state index contributed by atoms with van der Waals surface area (Å²) in [5.41, 5.74) is -0.403. The Bertz CT molecular complexity index is 235. The first kappa shape index (κ1) is 16.5. The van der Waals surface area contributed by atoms with Crippen LogP contribution >= 0.6 is 12.4 Å². The number of ether oxygens (including phenoxy) is 1. The van der Waals surface area contributed by atoms with Gasteiger partial charge in [-0.25, -0.2) is 4.79 Å². The van der Waals surface area contributed by atoms with Crippen LogP contribution in [0.1, 0.15) is 33.6 Å². The lowest BCUT2D eigenvalue weighted by Gasteiger charge is -2.25. The minimum absolute atomic E-state index is 0. The van der Waals surface area contributed by atoms with Gasteiger partial charge < -0.3 is 15.0 Å². The standard InChI is InChI=1S/C12H24N2O2.ClH/c1-12(2,3)16-11(15)14(4)8-6-10-5-7-13-9-10;/h10,13H,5-9H2,1-4H3;1H. The van der Waals surface area contributed by atoms with E-state index in [4.69, 9.17) is 4.74 Å². The van der Waals surface area contributed by atoms with E-state index in [1.807, 2.05) is 20.8 Å². The second-order valence-corrected chi connectivity index (χ2v) is 5.55. The molecule has 0 aromatic heterocycles. The molecule has 1 aliphatic heterocycles. The molecule has 17 heavy (non-hydrogen) atoms. The van der Waals surface area contributed by atoms with Crippen LogP contribution in [0.2, 0.25) is 0 Å². The Kier molecular flexibility index (Phi) is 6.87. The molecule has 1 unspecified atom stereocenters. The van der Waals surface area contributed by atoms with Crippen molar-refractivity contribution in [2.45, 2.75) is 39.2 Å². The van der Waals surface area contributed by atoms with Gasteiger partial charge >= 0.3 is 6.09 Å². The van der Waals surface area contributed by atoms with Gasteiger partial charge in [-0.2, -0.15) is 0 Å². The first-order valence-corrected chi connectivity index (χ1v) is 6.03. The van der Waals surface area contributed by atoms with Crippen LogP contribution in [0, 0.1) is 5.92 Å². The van der Waals surface area contributed by atoms with E-state index in [0.29, 0.717) is 5.92 Å². The summed E-state index contributed by atoms with van der Waals surface area (Å²) in [6, 6.07) is 0. The lowest BCUT2D eigenvalue weighted by molar-refractivity contribution is 0.0291. The number of hydrogen-bond acceptors (Lipinski definition) is 3. The van der Waals surface area contributed by atoms with Crippen LogP contribution in [0.25, 0.3) is 0 Å². The van der Waals surface area contributed by atoms with Gasteiger partial charge in [0.2, 0.25) is 0 Å². The van der Waals surface area contributed by atoms with Gasteiger partial charge in [0.05, 0.1) is 0 Å². The molecule has 1 rings (SSSR count). The van der Waals surface area contributed by atoms with Crippen LogP contribution in [0.4, 0.5) is 4.79 Å². The molecular weight excluding hydrogens is 240 g/mol. The van der Waals surface area contributed by atoms with Gasteiger partial charge in [0, 0.05) is 13.6 Å². The zero-order valence-corrected chi connectivity index (χ0v) is 12.1. The van der Waals surface area contributed by atoms with Crippen molar-refractivity contribution in [3.05, 3.63) is 0 Å². The highest BCUT2D eigenvalue weighted by Gasteiger charge is 2.21. The maximum Gasteiger partial charge on any atom is 0.410 e. The number of amides is 1. The SMILES string of the molecule is CN(CCC1CCNC1)C(=O)OC(C)(C)C.Cl. The monoisotopic (exact) mass is 264 g/mol. The third-order valence-electron chi connectivity index (χ3n) is 2.74. The Morgan fingerprint density at radius 3 is 2.59 bits per heavy atom. The van der Waals surface area contributed by atoms with Crippen molar-refractivity contribution in [2.75, 3.05) is 26.7 Å². The van der Waals surface area contributed by atoms with E-state index in [2.05, 4.69) is 5.32 Å². The number of rotatable bonds is 3. The molecule has 1 fully saturated rings. The smallest absolute Gasteiger partial charge is 0.410 e. The summed E-state index contributed by atoms with van der Waals surface area (Å²) in [7, 11) is 1.80. The van der Waals surface area contributed by atoms with Gasteiger partial charge in [-0.05, 0) is 52.6 Å². The molecule has 4 nitrogen and oxygen atoms in total. The van der Waals surface area contributed by atoms with E-state index in [1.54, 1.807) is 11.9 Å². The molecule has 1 heterocycles. The van der Waals surface area contributed by atoms with Crippen LogP contribution in [0.5, 0.6) is 0 Å². The van der Waals surface area contributed by atoms with Gasteiger partial charge in [0.1, 0.15) is 5.60 Å². The minimum Gasteiger partial charge on any atom is -0.444 e. The average Bonchev–Trinajstić information content (AvgIpc) is 2.63. The Balaban J connectivity index is 0.00000256. The first-order chi connectivity index (χ1) is 7.38. The summed E-state index contributed by atoms with van der Waals surface area (Å²) in [4.78, 5) is 13.3. The van der Waals surface area contributed by atoms with Crippen molar-refractivity contribution in [1.29, 1.82) is 0 Å². The van der Waals surface area contributed by atoms with Crippen molar-refractivity contribution in [1.82, 2.24) is 10.2 Å². The largest absolute Gasteiger partial charge is 0.444 e. The molecule has 0 aromatic carbocycles. The lowest BCUT2D eigenvalue weighted by atomic mass is 10.1. The van der Waals surface area contributed by atoms with Gasteiger partial charge in [0.25, 0.3) is 0 Å². The molecule has 0 spiro atoms. The summed E-state index contributed by atoms with van der Waals surface area (Å²) in [5.74, 6) is 0.713. The zero-order valence-electron chi connectivity index (χ0n) is 11.3. The quantitative estimate of drug-likeness (QED) is 0.850. The van der Waals surface area contributed by atoms with Crippen molar-refractivity contribution in [3.8, 4) is 0 Å². The summed E-state index contributed by atoms with van der Waals surface area (Å²) >= 11 is 0. The van der Waals surface area contributed by atoms with Gasteiger partial charge in [0.15, 0.2) is 0 Å². The molecule has 5 heteroatoms. The van der Waals surface area contributed by atoms with Gasteiger partial charge in [-0.3, -0.25) is 0 Å². The van der Waals surface area contributed by atoms with E-state index >= 15 is 0 Å². The normalized spacial score (nSPS) is 19.6. The zero-order chi connectivity index (χ0) is 12.2. The third kappa shape index (κ3) is 6.74. The molecule has 0 radical (unpaired) electrons. The van der Waals surface area contributed by atoms with Crippen molar-refractivity contribution >= 4 is 18.5 Å². The number of nitrogens with one attached hydrogen (secondary N) is 1. The summed E-state index contributed by atoms with van der Waals surface area (Å²) in [6.07, 6.45) is 2.06. The third-order valence-corrected chi connectivity index (χ3v) is 2.74. The van der Waals surface area contributed by atoms with Crippen LogP contribution < -0.4 is 5.32 Å². The van der Waals surface area contributed by atoms with E-state index in [1.165, 1.54) is 6.42 Å². The van der Waals surface area contributed by atoms with Gasteiger partial charge in [-0.15, -0.1) is 12.4 Å². The fourth-order valence-corrected chi connectivity index (χ4v) is 1.77. The first-order valence-electron chi connectivity index (χ1n) is 6.03. The topological polar surface area (TPSA) is 41.6 Å². The van der Waals surface area contributed by atoms with Crippen molar-refractivity contribution < 1.29 is 9.53 Å². The molecule has 102 valence electrons. The summed E-state index contributed by atoms with van der Waals surface area (Å²) in [5, 5.41) is 3.33. The molecule has 0 aliphatic carbocycles. The number of carbonyl (C=O) groups is 1. The molecule has 1 saturated heterocycles. The molecule has 0 saturated carbocycles. The highest BCUT2D eigenvalue weighted by atomic mass is 35.5. The maximum atomic E-state index is 11.7. The van der Waals surface area contributed by atoms with Crippen molar-refractivity contribution in [2.24, 2.45) is 5.92 Å². The van der Waals surface area contributed by atoms with Crippen LogP contribution in [0.15, 0.2) is 0 Å². The van der Waals surface area contributed by atoms with Crippen LogP contribution in [0.3, 0.4) is 0 Å². The highest BCUT2D eigenvalue weighted by molar-refractivity contribution is 5.85. The summed E-state index contributed by atoms with van der Waals surface area (Å²) in [6.45, 7) is 8.64. The molecule has 0 aromatic rings. The van der Waals surface area contributed by atoms with Crippen molar-refractivity contribution in [3.63, 3.8) is 0 Å². The molecule has 0 bridgehead atoms. The number of halogens is 1. The van der Waals surface area contributed by atoms with Crippen LogP contribution in [-0.2, 0) is 4.74 Å². The van der Waals surface area contributed by atoms with Crippen LogP contribution in [-0.4, -0.2) is 43.3 Å². The Labute approximate surface area is 110 Å². The molecule has 1 N–H and O–H groups in total. The fourth-order valence-electron chi connectivity index (χ4n) is 1.77. The Hall–Kier alpha value is -0.480.